The van der Waals surface area contributed by atoms with Gasteiger partial charge < -0.3 is 15.1 Å². The molecule has 1 N–H and O–H groups in total. The summed E-state index contributed by atoms with van der Waals surface area (Å²) in [6.07, 6.45) is 0.342. The zero-order valence-corrected chi connectivity index (χ0v) is 14.9. The van der Waals surface area contributed by atoms with Crippen molar-refractivity contribution in [3.63, 3.8) is 0 Å². The first-order chi connectivity index (χ1) is 12.2. The number of anilines is 2. The molecule has 25 heavy (non-hydrogen) atoms. The van der Waals surface area contributed by atoms with Gasteiger partial charge in [-0.3, -0.25) is 4.79 Å². The Kier molecular flexibility index (Phi) is 5.60. The van der Waals surface area contributed by atoms with E-state index < -0.39 is 0 Å². The highest BCUT2D eigenvalue weighted by Gasteiger charge is 2.17. The Bertz CT molecular complexity index is 708. The van der Waals surface area contributed by atoms with Gasteiger partial charge in [0.15, 0.2) is 11.6 Å². The van der Waals surface area contributed by atoms with Crippen LogP contribution >= 0.6 is 0 Å². The molecule has 0 bridgehead atoms. The number of nitrogens with one attached hydrogen (secondary N) is 1. The van der Waals surface area contributed by atoms with E-state index in [0.717, 1.165) is 49.7 Å². The fourth-order valence-corrected chi connectivity index (χ4v) is 3.02. The van der Waals surface area contributed by atoms with Gasteiger partial charge in [0.25, 0.3) is 0 Å². The molecule has 6 nitrogen and oxygen atoms in total. The molecule has 0 unspecified atom stereocenters. The number of piperazine rings is 1. The second-order valence-electron chi connectivity index (χ2n) is 6.35. The predicted molar refractivity (Wildman–Crippen MR) is 99.9 cm³/mol. The summed E-state index contributed by atoms with van der Waals surface area (Å²) in [6.45, 7) is 9.30. The Morgan fingerprint density at radius 2 is 1.84 bits per heavy atom. The summed E-state index contributed by atoms with van der Waals surface area (Å²) in [5.41, 5.74) is 2.14. The lowest BCUT2D eigenvalue weighted by Gasteiger charge is -2.34. The van der Waals surface area contributed by atoms with Crippen LogP contribution in [0.1, 0.15) is 18.1 Å². The minimum absolute atomic E-state index is 0.0760. The highest BCUT2D eigenvalue weighted by atomic mass is 16.1. The molecule has 1 aromatic heterocycles. The van der Waals surface area contributed by atoms with Crippen molar-refractivity contribution >= 4 is 17.5 Å². The molecule has 0 aliphatic carbocycles. The number of hydrogen-bond acceptors (Lipinski definition) is 5. The molecular weight excluding hydrogens is 314 g/mol. The Balaban J connectivity index is 1.56. The molecule has 0 radical (unpaired) electrons. The van der Waals surface area contributed by atoms with Gasteiger partial charge in [0.05, 0.1) is 6.42 Å². The van der Waals surface area contributed by atoms with Gasteiger partial charge in [0.1, 0.15) is 0 Å². The molecule has 3 rings (SSSR count). The van der Waals surface area contributed by atoms with Gasteiger partial charge in [-0.05, 0) is 36.7 Å². The number of benzene rings is 1. The topological polar surface area (TPSA) is 61.4 Å². The minimum Gasteiger partial charge on any atom is -0.353 e. The highest BCUT2D eigenvalue weighted by Crippen LogP contribution is 2.15. The second kappa shape index (κ2) is 8.07. The molecule has 1 aliphatic rings. The lowest BCUT2D eigenvalue weighted by Crippen LogP contribution is -2.46. The highest BCUT2D eigenvalue weighted by molar-refractivity contribution is 5.91. The average molecular weight is 339 g/mol. The average Bonchev–Trinajstić information content (AvgIpc) is 2.64. The number of rotatable bonds is 5. The van der Waals surface area contributed by atoms with Crippen molar-refractivity contribution in [1.82, 2.24) is 15.1 Å². The fraction of sp³-hybridized carbons (Fsp3) is 0.421. The predicted octanol–water partition coefficient (Wildman–Crippen LogP) is 2.11. The molecule has 1 amide bonds. The maximum absolute atomic E-state index is 12.2. The third-order valence-electron chi connectivity index (χ3n) is 4.67. The van der Waals surface area contributed by atoms with Crippen LogP contribution in [0.25, 0.3) is 0 Å². The lowest BCUT2D eigenvalue weighted by molar-refractivity contribution is -0.115. The molecule has 0 saturated carbocycles. The van der Waals surface area contributed by atoms with Crippen LogP contribution in [0.4, 0.5) is 11.6 Å². The molecule has 1 fully saturated rings. The van der Waals surface area contributed by atoms with Crippen molar-refractivity contribution in [3.8, 4) is 0 Å². The van der Waals surface area contributed by atoms with Crippen molar-refractivity contribution in [3.05, 3.63) is 47.5 Å². The summed E-state index contributed by atoms with van der Waals surface area (Å²) in [7, 11) is 0. The minimum atomic E-state index is -0.0760. The first-order valence-corrected chi connectivity index (χ1v) is 8.81. The number of nitrogens with zero attached hydrogens (tertiary/aromatic N) is 4. The number of amides is 1. The summed E-state index contributed by atoms with van der Waals surface area (Å²) < 4.78 is 0. The number of hydrogen-bond donors (Lipinski definition) is 1. The lowest BCUT2D eigenvalue weighted by atomic mass is 10.1. The van der Waals surface area contributed by atoms with Gasteiger partial charge in [-0.15, -0.1) is 10.2 Å². The molecular formula is C19H25N5O. The Hall–Kier alpha value is -2.47. The van der Waals surface area contributed by atoms with E-state index in [4.69, 9.17) is 0 Å². The monoisotopic (exact) mass is 339 g/mol. The van der Waals surface area contributed by atoms with Crippen molar-refractivity contribution in [2.45, 2.75) is 20.3 Å². The van der Waals surface area contributed by atoms with E-state index >= 15 is 0 Å². The summed E-state index contributed by atoms with van der Waals surface area (Å²) in [5.74, 6) is 1.29. The van der Waals surface area contributed by atoms with Gasteiger partial charge in [-0.2, -0.15) is 0 Å². The molecule has 132 valence electrons. The third-order valence-corrected chi connectivity index (χ3v) is 4.67. The van der Waals surface area contributed by atoms with E-state index in [1.165, 1.54) is 0 Å². The zero-order valence-electron chi connectivity index (χ0n) is 14.9. The van der Waals surface area contributed by atoms with Crippen LogP contribution in [0, 0.1) is 6.92 Å². The smallest absolute Gasteiger partial charge is 0.230 e. The van der Waals surface area contributed by atoms with E-state index in [2.05, 4.69) is 32.2 Å². The van der Waals surface area contributed by atoms with Crippen LogP contribution in [-0.2, 0) is 11.2 Å². The van der Waals surface area contributed by atoms with E-state index in [0.29, 0.717) is 12.2 Å². The van der Waals surface area contributed by atoms with Crippen molar-refractivity contribution in [2.75, 3.05) is 42.9 Å². The largest absolute Gasteiger partial charge is 0.353 e. The molecule has 0 spiro atoms. The number of aromatic nitrogens is 2. The maximum atomic E-state index is 12.2. The molecule has 6 heteroatoms. The number of aryl methyl sites for hydroxylation is 1. The zero-order chi connectivity index (χ0) is 17.6. The third kappa shape index (κ3) is 4.54. The van der Waals surface area contributed by atoms with Crippen LogP contribution in [0.3, 0.4) is 0 Å². The van der Waals surface area contributed by atoms with E-state index in [1.54, 1.807) is 0 Å². The van der Waals surface area contributed by atoms with Crippen molar-refractivity contribution < 1.29 is 4.79 Å². The molecule has 1 saturated heterocycles. The first kappa shape index (κ1) is 17.4. The molecule has 2 aromatic rings. The van der Waals surface area contributed by atoms with Gasteiger partial charge in [-0.25, -0.2) is 0 Å². The van der Waals surface area contributed by atoms with Crippen LogP contribution < -0.4 is 10.2 Å². The van der Waals surface area contributed by atoms with Crippen molar-refractivity contribution in [1.29, 1.82) is 0 Å². The van der Waals surface area contributed by atoms with Crippen LogP contribution in [0.2, 0.25) is 0 Å². The SMILES string of the molecule is CCN1CCN(c2ccc(NC(=O)Cc3ccccc3C)nn2)CC1. The maximum Gasteiger partial charge on any atom is 0.230 e. The van der Waals surface area contributed by atoms with Gasteiger partial charge in [0, 0.05) is 26.2 Å². The molecule has 2 heterocycles. The van der Waals surface area contributed by atoms with E-state index in [1.807, 2.05) is 43.3 Å². The van der Waals surface area contributed by atoms with Crippen LogP contribution in [-0.4, -0.2) is 53.7 Å². The van der Waals surface area contributed by atoms with Gasteiger partial charge in [0.2, 0.25) is 5.91 Å². The molecule has 0 atom stereocenters. The first-order valence-electron chi connectivity index (χ1n) is 8.81. The second-order valence-corrected chi connectivity index (χ2v) is 6.35. The summed E-state index contributed by atoms with van der Waals surface area (Å²) >= 11 is 0. The summed E-state index contributed by atoms with van der Waals surface area (Å²) in [6, 6.07) is 11.7. The number of likely N-dealkylation sites (N-methyl/N-ethyl adjacent to an activating group) is 1. The van der Waals surface area contributed by atoms with Crippen molar-refractivity contribution in [2.24, 2.45) is 0 Å². The van der Waals surface area contributed by atoms with Gasteiger partial charge in [-0.1, -0.05) is 31.2 Å². The van der Waals surface area contributed by atoms with E-state index in [-0.39, 0.29) is 5.91 Å². The standard InChI is InChI=1S/C19H25N5O/c1-3-23-10-12-24(13-11-23)18-9-8-17(21-22-18)20-19(25)14-16-7-5-4-6-15(16)2/h4-9H,3,10-14H2,1-2H3,(H,20,21,25). The quantitative estimate of drug-likeness (QED) is 0.904. The summed E-state index contributed by atoms with van der Waals surface area (Å²) in [4.78, 5) is 16.8. The van der Waals surface area contributed by atoms with Crippen LogP contribution in [0.5, 0.6) is 0 Å². The number of carbonyl (C=O) groups excluding carboxylic acids is 1. The van der Waals surface area contributed by atoms with Gasteiger partial charge >= 0.3 is 0 Å². The Morgan fingerprint density at radius 3 is 2.48 bits per heavy atom. The Morgan fingerprint density at radius 1 is 1.08 bits per heavy atom. The normalized spacial score (nSPS) is 15.2. The number of carbonyl (C=O) groups is 1. The molecule has 1 aromatic carbocycles. The molecule has 1 aliphatic heterocycles. The fourth-order valence-electron chi connectivity index (χ4n) is 3.02. The Labute approximate surface area is 148 Å². The summed E-state index contributed by atoms with van der Waals surface area (Å²) in [5, 5.41) is 11.3. The van der Waals surface area contributed by atoms with E-state index in [9.17, 15) is 4.79 Å². The van der Waals surface area contributed by atoms with Crippen LogP contribution in [0.15, 0.2) is 36.4 Å².